The maximum Gasteiger partial charge on any atom is 0.293 e. The number of aryl methyl sites for hydroxylation is 1. The van der Waals surface area contributed by atoms with E-state index in [2.05, 4.69) is 15.1 Å². The Balaban J connectivity index is 1.86. The van der Waals surface area contributed by atoms with Crippen LogP contribution < -0.4 is 0 Å². The van der Waals surface area contributed by atoms with Crippen molar-refractivity contribution < 1.29 is 13.3 Å². The van der Waals surface area contributed by atoms with Crippen molar-refractivity contribution >= 4 is 0 Å². The molecule has 5 nitrogen and oxygen atoms in total. The van der Waals surface area contributed by atoms with Crippen molar-refractivity contribution in [2.45, 2.75) is 6.42 Å². The molecule has 0 fully saturated rings. The van der Waals surface area contributed by atoms with Crippen LogP contribution in [0.3, 0.4) is 0 Å². The van der Waals surface area contributed by atoms with Crippen LogP contribution in [0.25, 0.3) is 11.7 Å². The van der Waals surface area contributed by atoms with Crippen LogP contribution in [-0.4, -0.2) is 19.7 Å². The number of rotatable bonds is 3. The Morgan fingerprint density at radius 1 is 1.30 bits per heavy atom. The molecule has 20 heavy (non-hydrogen) atoms. The molecule has 0 amide bonds. The van der Waals surface area contributed by atoms with Crippen molar-refractivity contribution in [3.8, 4) is 11.7 Å². The van der Waals surface area contributed by atoms with Gasteiger partial charge in [-0.3, -0.25) is 0 Å². The first-order valence-electron chi connectivity index (χ1n) is 5.87. The van der Waals surface area contributed by atoms with Gasteiger partial charge < -0.3 is 9.09 Å². The van der Waals surface area contributed by atoms with Crippen molar-refractivity contribution in [2.24, 2.45) is 7.05 Å². The summed E-state index contributed by atoms with van der Waals surface area (Å²) in [6, 6.07) is 3.38. The molecule has 2 aromatic heterocycles. The fourth-order valence-electron chi connectivity index (χ4n) is 1.82. The first-order valence-corrected chi connectivity index (χ1v) is 5.87. The lowest BCUT2D eigenvalue weighted by atomic mass is 10.1. The third kappa shape index (κ3) is 2.29. The lowest BCUT2D eigenvalue weighted by Gasteiger charge is -1.99. The SMILES string of the molecule is Cn1ccnc1-c1nc(Cc2ccc(F)cc2F)no1. The number of nitrogens with zero attached hydrogens (tertiary/aromatic N) is 4. The van der Waals surface area contributed by atoms with Crippen molar-refractivity contribution in [3.05, 3.63) is 53.6 Å². The molecule has 0 N–H and O–H groups in total. The van der Waals surface area contributed by atoms with Crippen molar-refractivity contribution in [3.63, 3.8) is 0 Å². The van der Waals surface area contributed by atoms with Crippen LogP contribution in [0.15, 0.2) is 35.1 Å². The summed E-state index contributed by atoms with van der Waals surface area (Å²) in [6.07, 6.45) is 3.48. The van der Waals surface area contributed by atoms with E-state index in [-0.39, 0.29) is 12.3 Å². The minimum absolute atomic E-state index is 0.125. The highest BCUT2D eigenvalue weighted by molar-refractivity contribution is 5.40. The highest BCUT2D eigenvalue weighted by Gasteiger charge is 2.14. The molecular formula is C13H10F2N4O. The largest absolute Gasteiger partial charge is 0.331 e. The summed E-state index contributed by atoms with van der Waals surface area (Å²) in [5.41, 5.74) is 0.304. The van der Waals surface area contributed by atoms with Crippen molar-refractivity contribution in [1.29, 1.82) is 0 Å². The first kappa shape index (κ1) is 12.5. The van der Waals surface area contributed by atoms with E-state index in [1.54, 1.807) is 24.0 Å². The molecule has 3 aromatic rings. The van der Waals surface area contributed by atoms with Crippen LogP contribution in [0.4, 0.5) is 8.78 Å². The molecule has 0 aliphatic carbocycles. The predicted molar refractivity (Wildman–Crippen MR) is 65.7 cm³/mol. The van der Waals surface area contributed by atoms with Crippen LogP contribution in [0.5, 0.6) is 0 Å². The normalized spacial score (nSPS) is 10.9. The Kier molecular flexibility index (Phi) is 3.02. The summed E-state index contributed by atoms with van der Waals surface area (Å²) in [4.78, 5) is 8.23. The molecule has 3 rings (SSSR count). The predicted octanol–water partition coefficient (Wildman–Crippen LogP) is 2.34. The molecular weight excluding hydrogens is 266 g/mol. The van der Waals surface area contributed by atoms with Gasteiger partial charge in [0.1, 0.15) is 11.6 Å². The third-order valence-electron chi connectivity index (χ3n) is 2.84. The van der Waals surface area contributed by atoms with Crippen LogP contribution in [0, 0.1) is 11.6 Å². The number of halogens is 2. The highest BCUT2D eigenvalue weighted by Crippen LogP contribution is 2.17. The molecule has 0 saturated carbocycles. The van der Waals surface area contributed by atoms with Gasteiger partial charge in [0.25, 0.3) is 5.89 Å². The maximum absolute atomic E-state index is 13.5. The second-order valence-electron chi connectivity index (χ2n) is 4.29. The molecule has 0 aliphatic heterocycles. The lowest BCUT2D eigenvalue weighted by molar-refractivity contribution is 0.419. The Bertz CT molecular complexity index is 750. The summed E-state index contributed by atoms with van der Waals surface area (Å²) in [6.45, 7) is 0. The molecule has 2 heterocycles. The van der Waals surface area contributed by atoms with E-state index in [9.17, 15) is 8.78 Å². The summed E-state index contributed by atoms with van der Waals surface area (Å²) >= 11 is 0. The first-order chi connectivity index (χ1) is 9.63. The molecule has 0 aliphatic rings. The highest BCUT2D eigenvalue weighted by atomic mass is 19.1. The van der Waals surface area contributed by atoms with Crippen LogP contribution in [0.2, 0.25) is 0 Å². The van der Waals surface area contributed by atoms with E-state index >= 15 is 0 Å². The number of hydrogen-bond donors (Lipinski definition) is 0. The van der Waals surface area contributed by atoms with Crippen LogP contribution >= 0.6 is 0 Å². The Hall–Kier alpha value is -2.57. The van der Waals surface area contributed by atoms with Gasteiger partial charge in [-0.15, -0.1) is 0 Å². The third-order valence-corrected chi connectivity index (χ3v) is 2.84. The zero-order valence-electron chi connectivity index (χ0n) is 10.5. The molecule has 102 valence electrons. The van der Waals surface area contributed by atoms with Gasteiger partial charge in [0.2, 0.25) is 0 Å². The van der Waals surface area contributed by atoms with E-state index in [1.165, 1.54) is 12.1 Å². The van der Waals surface area contributed by atoms with Gasteiger partial charge in [-0.1, -0.05) is 11.2 Å². The molecule has 7 heteroatoms. The topological polar surface area (TPSA) is 56.7 Å². The van der Waals surface area contributed by atoms with Gasteiger partial charge in [0, 0.05) is 31.9 Å². The average Bonchev–Trinajstić information content (AvgIpc) is 3.01. The zero-order chi connectivity index (χ0) is 14.1. The van der Waals surface area contributed by atoms with E-state index in [1.807, 2.05) is 0 Å². The van der Waals surface area contributed by atoms with Gasteiger partial charge in [0.05, 0.1) is 0 Å². The summed E-state index contributed by atoms with van der Waals surface area (Å²) < 4.78 is 33.2. The Morgan fingerprint density at radius 2 is 2.15 bits per heavy atom. The Labute approximate surface area is 112 Å². The smallest absolute Gasteiger partial charge is 0.293 e. The fourth-order valence-corrected chi connectivity index (χ4v) is 1.82. The minimum Gasteiger partial charge on any atom is -0.331 e. The van der Waals surface area contributed by atoms with Gasteiger partial charge >= 0.3 is 0 Å². The molecule has 0 bridgehead atoms. The van der Waals surface area contributed by atoms with E-state index in [4.69, 9.17) is 4.52 Å². The summed E-state index contributed by atoms with van der Waals surface area (Å²) in [5.74, 6) is -0.145. The number of aromatic nitrogens is 4. The number of hydrogen-bond acceptors (Lipinski definition) is 4. The van der Waals surface area contributed by atoms with Gasteiger partial charge in [-0.25, -0.2) is 13.8 Å². The molecule has 0 saturated heterocycles. The van der Waals surface area contributed by atoms with E-state index < -0.39 is 11.6 Å². The fraction of sp³-hybridized carbons (Fsp3) is 0.154. The lowest BCUT2D eigenvalue weighted by Crippen LogP contribution is -1.96. The molecule has 1 aromatic carbocycles. The van der Waals surface area contributed by atoms with Gasteiger partial charge in [-0.2, -0.15) is 4.98 Å². The van der Waals surface area contributed by atoms with Crippen LogP contribution in [0.1, 0.15) is 11.4 Å². The second-order valence-corrected chi connectivity index (χ2v) is 4.29. The van der Waals surface area contributed by atoms with Crippen LogP contribution in [-0.2, 0) is 13.5 Å². The zero-order valence-corrected chi connectivity index (χ0v) is 10.5. The van der Waals surface area contributed by atoms with Gasteiger partial charge in [0.15, 0.2) is 11.6 Å². The Morgan fingerprint density at radius 3 is 2.85 bits per heavy atom. The standard InChI is InChI=1S/C13H10F2N4O/c1-19-5-4-16-12(19)13-17-11(18-20-13)6-8-2-3-9(14)7-10(8)15/h2-5,7H,6H2,1H3. The molecule has 0 radical (unpaired) electrons. The number of imidazole rings is 1. The van der Waals surface area contributed by atoms with E-state index in [0.29, 0.717) is 17.2 Å². The maximum atomic E-state index is 13.5. The van der Waals surface area contributed by atoms with Crippen molar-refractivity contribution in [1.82, 2.24) is 19.7 Å². The summed E-state index contributed by atoms with van der Waals surface area (Å²) in [7, 11) is 1.80. The quantitative estimate of drug-likeness (QED) is 0.736. The van der Waals surface area contributed by atoms with Crippen molar-refractivity contribution in [2.75, 3.05) is 0 Å². The number of benzene rings is 1. The monoisotopic (exact) mass is 276 g/mol. The molecule has 0 spiro atoms. The molecule has 0 atom stereocenters. The van der Waals surface area contributed by atoms with E-state index in [0.717, 1.165) is 6.07 Å². The minimum atomic E-state index is -0.631. The summed E-state index contributed by atoms with van der Waals surface area (Å²) in [5, 5.41) is 3.77. The molecule has 0 unspecified atom stereocenters. The average molecular weight is 276 g/mol. The second kappa shape index (κ2) is 4.84. The van der Waals surface area contributed by atoms with Gasteiger partial charge in [-0.05, 0) is 11.6 Å².